The summed E-state index contributed by atoms with van der Waals surface area (Å²) in [5, 5.41) is 7.40. The number of aryl methyl sites for hydroxylation is 1. The van der Waals surface area contributed by atoms with E-state index in [0.29, 0.717) is 5.69 Å². The Morgan fingerprint density at radius 3 is 2.74 bits per heavy atom. The summed E-state index contributed by atoms with van der Waals surface area (Å²) in [4.78, 5) is 17.9. The van der Waals surface area contributed by atoms with Crippen LogP contribution in [-0.4, -0.2) is 57.6 Å². The van der Waals surface area contributed by atoms with Crippen molar-refractivity contribution >= 4 is 5.91 Å². The van der Waals surface area contributed by atoms with Gasteiger partial charge in [-0.2, -0.15) is 5.10 Å². The maximum Gasteiger partial charge on any atom is 0.272 e. The van der Waals surface area contributed by atoms with Gasteiger partial charge in [-0.25, -0.2) is 0 Å². The van der Waals surface area contributed by atoms with Crippen molar-refractivity contribution in [3.63, 3.8) is 0 Å². The number of benzene rings is 1. The number of carbonyl (C=O) groups excluding carboxylic acids is 1. The molecular formula is C22H30N4O. The highest BCUT2D eigenvalue weighted by Gasteiger charge is 2.46. The molecule has 1 amide bonds. The third kappa shape index (κ3) is 3.29. The third-order valence-corrected chi connectivity index (χ3v) is 6.69. The minimum atomic E-state index is 0.0736. The van der Waals surface area contributed by atoms with Gasteiger partial charge in [-0.05, 0) is 59.2 Å². The largest absolute Gasteiger partial charge is 0.332 e. The standard InChI is InChI=1S/C22H30N4O/c1-16-8-10-17(11-9-16)18-15-19(24-23-18)21(27)26-14-6-12-22(2)20(26)7-4-5-13-25(22)3/h8-11,15,20H,4-7,12-14H2,1-3H3,(H,23,24)/t20-,22-/m0/s1. The van der Waals surface area contributed by atoms with E-state index in [0.717, 1.165) is 43.6 Å². The van der Waals surface area contributed by atoms with E-state index >= 15 is 0 Å². The lowest BCUT2D eigenvalue weighted by atomic mass is 9.80. The molecule has 0 aliphatic carbocycles. The van der Waals surface area contributed by atoms with Gasteiger partial charge in [-0.15, -0.1) is 0 Å². The third-order valence-electron chi connectivity index (χ3n) is 6.69. The Balaban J connectivity index is 1.59. The molecular weight excluding hydrogens is 336 g/mol. The van der Waals surface area contributed by atoms with E-state index in [2.05, 4.69) is 65.2 Å². The zero-order valence-corrected chi connectivity index (χ0v) is 16.7. The molecule has 0 radical (unpaired) electrons. The van der Waals surface area contributed by atoms with Gasteiger partial charge in [0, 0.05) is 17.6 Å². The van der Waals surface area contributed by atoms with Gasteiger partial charge < -0.3 is 4.90 Å². The molecule has 27 heavy (non-hydrogen) atoms. The van der Waals surface area contributed by atoms with E-state index in [1.54, 1.807) is 0 Å². The van der Waals surface area contributed by atoms with Crippen molar-refractivity contribution < 1.29 is 4.79 Å². The zero-order chi connectivity index (χ0) is 19.0. The molecule has 0 saturated carbocycles. The minimum absolute atomic E-state index is 0.0736. The van der Waals surface area contributed by atoms with Crippen LogP contribution in [-0.2, 0) is 0 Å². The molecule has 0 spiro atoms. The SMILES string of the molecule is Cc1ccc(-c2cc(C(=O)N3CCC[C@@]4(C)[C@@H]3CCCCN4C)[nH]n2)cc1. The Labute approximate surface area is 161 Å². The number of likely N-dealkylation sites (tertiary alicyclic amines) is 2. The topological polar surface area (TPSA) is 52.2 Å². The number of nitrogens with one attached hydrogen (secondary N) is 1. The molecule has 2 fully saturated rings. The first-order valence-electron chi connectivity index (χ1n) is 10.1. The fraction of sp³-hybridized carbons (Fsp3) is 0.545. The Hall–Kier alpha value is -2.14. The number of nitrogens with zero attached hydrogens (tertiary/aromatic N) is 3. The molecule has 0 unspecified atom stereocenters. The highest BCUT2D eigenvalue weighted by atomic mass is 16.2. The fourth-order valence-corrected chi connectivity index (χ4v) is 4.82. The molecule has 0 bridgehead atoms. The zero-order valence-electron chi connectivity index (χ0n) is 16.7. The lowest BCUT2D eigenvalue weighted by Crippen LogP contribution is -2.63. The first kappa shape index (κ1) is 18.2. The molecule has 1 aromatic heterocycles. The Morgan fingerprint density at radius 2 is 1.96 bits per heavy atom. The summed E-state index contributed by atoms with van der Waals surface area (Å²) in [7, 11) is 2.22. The lowest BCUT2D eigenvalue weighted by molar-refractivity contribution is -0.00366. The van der Waals surface area contributed by atoms with Crippen LogP contribution in [0.5, 0.6) is 0 Å². The minimum Gasteiger partial charge on any atom is -0.332 e. The van der Waals surface area contributed by atoms with Crippen LogP contribution in [0.15, 0.2) is 30.3 Å². The summed E-state index contributed by atoms with van der Waals surface area (Å²) in [6.07, 6.45) is 5.71. The van der Waals surface area contributed by atoms with E-state index < -0.39 is 0 Å². The monoisotopic (exact) mass is 366 g/mol. The Morgan fingerprint density at radius 1 is 1.19 bits per heavy atom. The van der Waals surface area contributed by atoms with E-state index in [9.17, 15) is 4.79 Å². The second-order valence-electron chi connectivity index (χ2n) is 8.43. The van der Waals surface area contributed by atoms with Crippen LogP contribution in [0.25, 0.3) is 11.3 Å². The first-order valence-corrected chi connectivity index (χ1v) is 10.1. The molecule has 2 atom stereocenters. The van der Waals surface area contributed by atoms with Crippen molar-refractivity contribution in [2.45, 2.75) is 57.5 Å². The number of amides is 1. The molecule has 4 rings (SSSR count). The van der Waals surface area contributed by atoms with Crippen molar-refractivity contribution in [1.29, 1.82) is 0 Å². The molecule has 1 aromatic carbocycles. The summed E-state index contributed by atoms with van der Waals surface area (Å²) in [6, 6.07) is 10.4. The van der Waals surface area contributed by atoms with Crippen LogP contribution in [0.4, 0.5) is 0 Å². The van der Waals surface area contributed by atoms with E-state index in [4.69, 9.17) is 0 Å². The molecule has 2 aromatic rings. The highest BCUT2D eigenvalue weighted by molar-refractivity contribution is 5.93. The number of hydrogen-bond donors (Lipinski definition) is 1. The number of fused-ring (bicyclic) bond motifs is 1. The van der Waals surface area contributed by atoms with E-state index in [1.165, 1.54) is 18.4 Å². The lowest BCUT2D eigenvalue weighted by Gasteiger charge is -2.51. The second kappa shape index (κ2) is 7.12. The molecule has 2 aliphatic rings. The molecule has 5 heteroatoms. The summed E-state index contributed by atoms with van der Waals surface area (Å²) in [6.45, 7) is 6.37. The van der Waals surface area contributed by atoms with Crippen molar-refractivity contribution in [3.05, 3.63) is 41.6 Å². The van der Waals surface area contributed by atoms with Gasteiger partial charge in [0.15, 0.2) is 0 Å². The number of H-pyrrole nitrogens is 1. The van der Waals surface area contributed by atoms with Crippen LogP contribution < -0.4 is 0 Å². The van der Waals surface area contributed by atoms with Crippen LogP contribution in [0.2, 0.25) is 0 Å². The quantitative estimate of drug-likeness (QED) is 0.878. The van der Waals surface area contributed by atoms with Gasteiger partial charge in [0.25, 0.3) is 5.91 Å². The smallest absolute Gasteiger partial charge is 0.272 e. The fourth-order valence-electron chi connectivity index (χ4n) is 4.82. The number of piperidine rings is 1. The van der Waals surface area contributed by atoms with E-state index in [1.807, 2.05) is 6.07 Å². The average molecular weight is 367 g/mol. The molecule has 2 aliphatic heterocycles. The number of rotatable bonds is 2. The van der Waals surface area contributed by atoms with Gasteiger partial charge in [0.2, 0.25) is 0 Å². The number of hydrogen-bond acceptors (Lipinski definition) is 3. The van der Waals surface area contributed by atoms with Gasteiger partial charge in [-0.1, -0.05) is 36.2 Å². The van der Waals surface area contributed by atoms with Gasteiger partial charge >= 0.3 is 0 Å². The van der Waals surface area contributed by atoms with Gasteiger partial charge in [-0.3, -0.25) is 14.8 Å². The summed E-state index contributed by atoms with van der Waals surface area (Å²) < 4.78 is 0. The van der Waals surface area contributed by atoms with Crippen molar-refractivity contribution in [2.24, 2.45) is 0 Å². The van der Waals surface area contributed by atoms with Crippen molar-refractivity contribution in [1.82, 2.24) is 20.0 Å². The summed E-state index contributed by atoms with van der Waals surface area (Å²) in [5.74, 6) is 0.0899. The Bertz CT molecular complexity index is 812. The van der Waals surface area contributed by atoms with Gasteiger partial charge in [0.1, 0.15) is 5.69 Å². The first-order chi connectivity index (χ1) is 13.0. The normalized spacial score (nSPS) is 26.5. The average Bonchev–Trinajstić information content (AvgIpc) is 3.10. The molecule has 2 saturated heterocycles. The number of likely N-dealkylation sites (N-methyl/N-ethyl adjacent to an activating group) is 1. The van der Waals surface area contributed by atoms with Crippen LogP contribution >= 0.6 is 0 Å². The predicted molar refractivity (Wildman–Crippen MR) is 108 cm³/mol. The predicted octanol–water partition coefficient (Wildman–Crippen LogP) is 3.86. The summed E-state index contributed by atoms with van der Waals surface area (Å²) in [5.41, 5.74) is 3.76. The molecule has 3 heterocycles. The highest BCUT2D eigenvalue weighted by Crippen LogP contribution is 2.38. The second-order valence-corrected chi connectivity index (χ2v) is 8.43. The maximum atomic E-state index is 13.4. The van der Waals surface area contributed by atoms with Crippen LogP contribution in [0, 0.1) is 6.92 Å². The number of aromatic nitrogens is 2. The molecule has 5 nitrogen and oxygen atoms in total. The number of aromatic amines is 1. The Kier molecular flexibility index (Phi) is 4.81. The van der Waals surface area contributed by atoms with Crippen molar-refractivity contribution in [2.75, 3.05) is 20.1 Å². The maximum absolute atomic E-state index is 13.4. The molecule has 144 valence electrons. The van der Waals surface area contributed by atoms with Crippen LogP contribution in [0.1, 0.15) is 55.1 Å². The number of carbonyl (C=O) groups is 1. The molecule has 1 N–H and O–H groups in total. The van der Waals surface area contributed by atoms with E-state index in [-0.39, 0.29) is 17.5 Å². The summed E-state index contributed by atoms with van der Waals surface area (Å²) >= 11 is 0. The van der Waals surface area contributed by atoms with Crippen molar-refractivity contribution in [3.8, 4) is 11.3 Å². The van der Waals surface area contributed by atoms with Crippen LogP contribution in [0.3, 0.4) is 0 Å². The van der Waals surface area contributed by atoms with Gasteiger partial charge in [0.05, 0.1) is 11.7 Å².